The number of hydrogen-bond acceptors (Lipinski definition) is 6. The Labute approximate surface area is 199 Å². The standard InChI is InChI=1S/C24H29N3O6S/c1-32-22-11-10-18(15-20(22)24(29)27-12-4-5-13-27)34(30,31)26-21-9-3-2-8-19(21)23(28)25-16-17-7-6-14-33-17/h2-3,8-11,15,17,26H,4-7,12-14,16H2,1H3,(H,25,28). The topological polar surface area (TPSA) is 114 Å². The van der Waals surface area contributed by atoms with Crippen LogP contribution in [0.4, 0.5) is 5.69 Å². The average molecular weight is 488 g/mol. The summed E-state index contributed by atoms with van der Waals surface area (Å²) in [6.45, 7) is 2.30. The maximum atomic E-state index is 13.2. The van der Waals surface area contributed by atoms with Gasteiger partial charge in [-0.25, -0.2) is 8.42 Å². The van der Waals surface area contributed by atoms with Crippen LogP contribution in [-0.4, -0.2) is 64.6 Å². The van der Waals surface area contributed by atoms with E-state index in [-0.39, 0.29) is 33.7 Å². The second-order valence-electron chi connectivity index (χ2n) is 8.36. The number of ether oxygens (including phenoxy) is 2. The van der Waals surface area contributed by atoms with E-state index in [0.717, 1.165) is 25.7 Å². The summed E-state index contributed by atoms with van der Waals surface area (Å²) in [5.74, 6) is -0.349. The predicted octanol–water partition coefficient (Wildman–Crippen LogP) is 2.64. The molecule has 2 aliphatic rings. The third-order valence-electron chi connectivity index (χ3n) is 6.04. The van der Waals surface area contributed by atoms with E-state index in [2.05, 4.69) is 10.0 Å². The maximum Gasteiger partial charge on any atom is 0.261 e. The second kappa shape index (κ2) is 10.4. The zero-order chi connectivity index (χ0) is 24.1. The van der Waals surface area contributed by atoms with Crippen LogP contribution in [0.2, 0.25) is 0 Å². The predicted molar refractivity (Wildman–Crippen MR) is 127 cm³/mol. The normalized spacial score (nSPS) is 18.0. The van der Waals surface area contributed by atoms with E-state index in [9.17, 15) is 18.0 Å². The van der Waals surface area contributed by atoms with Crippen molar-refractivity contribution in [1.29, 1.82) is 0 Å². The van der Waals surface area contributed by atoms with Crippen LogP contribution in [0.1, 0.15) is 46.4 Å². The molecular formula is C24H29N3O6S. The Hall–Kier alpha value is -3.11. The number of nitrogens with zero attached hydrogens (tertiary/aromatic N) is 1. The van der Waals surface area contributed by atoms with Crippen molar-refractivity contribution in [2.75, 3.05) is 38.1 Å². The van der Waals surface area contributed by atoms with Crippen LogP contribution >= 0.6 is 0 Å². The molecule has 2 saturated heterocycles. The SMILES string of the molecule is COc1ccc(S(=O)(=O)Nc2ccccc2C(=O)NCC2CCCO2)cc1C(=O)N1CCCC1. The highest BCUT2D eigenvalue weighted by atomic mass is 32.2. The Balaban J connectivity index is 1.55. The lowest BCUT2D eigenvalue weighted by atomic mass is 10.1. The Bertz CT molecular complexity index is 1160. The summed E-state index contributed by atoms with van der Waals surface area (Å²) < 4.78 is 39.8. The first-order valence-corrected chi connectivity index (χ1v) is 12.9. The van der Waals surface area contributed by atoms with Gasteiger partial charge < -0.3 is 19.7 Å². The van der Waals surface area contributed by atoms with Crippen LogP contribution in [0.3, 0.4) is 0 Å². The largest absolute Gasteiger partial charge is 0.496 e. The molecule has 2 aromatic carbocycles. The molecule has 1 atom stereocenters. The molecule has 2 aliphatic heterocycles. The molecule has 4 rings (SSSR count). The molecule has 0 bridgehead atoms. The van der Waals surface area contributed by atoms with Crippen LogP contribution in [0.15, 0.2) is 47.4 Å². The summed E-state index contributed by atoms with van der Waals surface area (Å²) in [5.41, 5.74) is 0.538. The van der Waals surface area contributed by atoms with Crippen molar-refractivity contribution in [3.8, 4) is 5.75 Å². The molecule has 2 heterocycles. The number of anilines is 1. The van der Waals surface area contributed by atoms with Gasteiger partial charge in [0.05, 0.1) is 34.9 Å². The Morgan fingerprint density at radius 2 is 1.85 bits per heavy atom. The van der Waals surface area contributed by atoms with Crippen LogP contribution in [0, 0.1) is 0 Å². The van der Waals surface area contributed by atoms with E-state index >= 15 is 0 Å². The van der Waals surface area contributed by atoms with Gasteiger partial charge in [0, 0.05) is 26.2 Å². The summed E-state index contributed by atoms with van der Waals surface area (Å²) in [4.78, 5) is 27.3. The molecule has 0 saturated carbocycles. The van der Waals surface area contributed by atoms with Crippen LogP contribution in [0.25, 0.3) is 0 Å². The van der Waals surface area contributed by atoms with E-state index in [4.69, 9.17) is 9.47 Å². The fourth-order valence-electron chi connectivity index (χ4n) is 4.19. The summed E-state index contributed by atoms with van der Waals surface area (Å²) in [5, 5.41) is 2.81. The summed E-state index contributed by atoms with van der Waals surface area (Å²) in [7, 11) is -2.65. The fraction of sp³-hybridized carbons (Fsp3) is 0.417. The van der Waals surface area contributed by atoms with Gasteiger partial charge in [0.2, 0.25) is 0 Å². The third kappa shape index (κ3) is 5.34. The van der Waals surface area contributed by atoms with E-state index in [0.29, 0.717) is 32.0 Å². The Kier molecular flexibility index (Phi) is 7.38. The second-order valence-corrected chi connectivity index (χ2v) is 10.0. The van der Waals surface area contributed by atoms with Gasteiger partial charge in [0.25, 0.3) is 21.8 Å². The summed E-state index contributed by atoms with van der Waals surface area (Å²) in [6, 6.07) is 10.6. The van der Waals surface area contributed by atoms with Crippen LogP contribution in [-0.2, 0) is 14.8 Å². The zero-order valence-electron chi connectivity index (χ0n) is 19.1. The molecule has 1 unspecified atom stereocenters. The molecule has 0 radical (unpaired) electrons. The van der Waals surface area contributed by atoms with E-state index in [1.165, 1.54) is 31.4 Å². The van der Waals surface area contributed by atoms with Crippen molar-refractivity contribution >= 4 is 27.5 Å². The first-order chi connectivity index (χ1) is 16.4. The van der Waals surface area contributed by atoms with Gasteiger partial charge >= 0.3 is 0 Å². The quantitative estimate of drug-likeness (QED) is 0.592. The molecule has 2 fully saturated rings. The molecule has 0 aromatic heterocycles. The molecule has 0 aliphatic carbocycles. The van der Waals surface area contributed by atoms with Crippen molar-refractivity contribution in [2.24, 2.45) is 0 Å². The van der Waals surface area contributed by atoms with E-state index in [1.807, 2.05) is 0 Å². The Morgan fingerprint density at radius 1 is 1.09 bits per heavy atom. The van der Waals surface area contributed by atoms with Crippen molar-refractivity contribution in [1.82, 2.24) is 10.2 Å². The van der Waals surface area contributed by atoms with Gasteiger partial charge in [-0.05, 0) is 56.0 Å². The molecule has 10 heteroatoms. The Morgan fingerprint density at radius 3 is 2.56 bits per heavy atom. The fourth-order valence-corrected chi connectivity index (χ4v) is 5.30. The average Bonchev–Trinajstić information content (AvgIpc) is 3.56. The van der Waals surface area contributed by atoms with Gasteiger partial charge in [0.1, 0.15) is 5.75 Å². The first kappa shape index (κ1) is 24.0. The lowest BCUT2D eigenvalue weighted by molar-refractivity contribution is 0.0788. The molecule has 2 N–H and O–H groups in total. The summed E-state index contributed by atoms with van der Waals surface area (Å²) >= 11 is 0. The number of carbonyl (C=O) groups is 2. The molecule has 0 spiro atoms. The van der Waals surface area contributed by atoms with E-state index in [1.54, 1.807) is 23.1 Å². The number of amides is 2. The number of nitrogens with one attached hydrogen (secondary N) is 2. The molecule has 182 valence electrons. The van der Waals surface area contributed by atoms with Gasteiger partial charge in [-0.15, -0.1) is 0 Å². The van der Waals surface area contributed by atoms with Crippen molar-refractivity contribution in [3.63, 3.8) is 0 Å². The number of methoxy groups -OCH3 is 1. The number of carbonyl (C=O) groups excluding carboxylic acids is 2. The monoisotopic (exact) mass is 487 g/mol. The molecular weight excluding hydrogens is 458 g/mol. The minimum absolute atomic E-state index is 0.0290. The number of para-hydroxylation sites is 1. The highest BCUT2D eigenvalue weighted by molar-refractivity contribution is 7.92. The number of likely N-dealkylation sites (tertiary alicyclic amines) is 1. The van der Waals surface area contributed by atoms with E-state index < -0.39 is 15.9 Å². The van der Waals surface area contributed by atoms with Gasteiger partial charge in [-0.3, -0.25) is 14.3 Å². The first-order valence-electron chi connectivity index (χ1n) is 11.4. The van der Waals surface area contributed by atoms with Crippen molar-refractivity contribution < 1.29 is 27.5 Å². The van der Waals surface area contributed by atoms with Crippen molar-refractivity contribution in [2.45, 2.75) is 36.7 Å². The smallest absolute Gasteiger partial charge is 0.261 e. The number of sulfonamides is 1. The molecule has 2 amide bonds. The minimum Gasteiger partial charge on any atom is -0.496 e. The number of hydrogen-bond donors (Lipinski definition) is 2. The summed E-state index contributed by atoms with van der Waals surface area (Å²) in [6.07, 6.45) is 3.64. The molecule has 9 nitrogen and oxygen atoms in total. The number of benzene rings is 2. The van der Waals surface area contributed by atoms with Gasteiger partial charge in [-0.1, -0.05) is 12.1 Å². The van der Waals surface area contributed by atoms with Gasteiger partial charge in [-0.2, -0.15) is 0 Å². The zero-order valence-corrected chi connectivity index (χ0v) is 19.9. The minimum atomic E-state index is -4.09. The van der Waals surface area contributed by atoms with Gasteiger partial charge in [0.15, 0.2) is 0 Å². The lowest BCUT2D eigenvalue weighted by Gasteiger charge is -2.18. The third-order valence-corrected chi connectivity index (χ3v) is 7.40. The highest BCUT2D eigenvalue weighted by Gasteiger charge is 2.26. The molecule has 34 heavy (non-hydrogen) atoms. The van der Waals surface area contributed by atoms with Crippen LogP contribution in [0.5, 0.6) is 5.75 Å². The maximum absolute atomic E-state index is 13.2. The molecule has 2 aromatic rings. The van der Waals surface area contributed by atoms with Crippen LogP contribution < -0.4 is 14.8 Å². The lowest BCUT2D eigenvalue weighted by Crippen LogP contribution is -2.32. The number of rotatable bonds is 8. The highest BCUT2D eigenvalue weighted by Crippen LogP contribution is 2.27. The van der Waals surface area contributed by atoms with Crippen molar-refractivity contribution in [3.05, 3.63) is 53.6 Å².